The Kier molecular flexibility index (Phi) is 4.51. The highest BCUT2D eigenvalue weighted by molar-refractivity contribution is 6.35. The van der Waals surface area contributed by atoms with Crippen LogP contribution in [-0.4, -0.2) is 60.4 Å². The van der Waals surface area contributed by atoms with Crippen LogP contribution in [0.15, 0.2) is 0 Å². The molecule has 0 bridgehead atoms. The van der Waals surface area contributed by atoms with Crippen molar-refractivity contribution in [1.82, 2.24) is 15.1 Å². The number of nitrogens with zero attached hydrogens (tertiary/aromatic N) is 2. The average Bonchev–Trinajstić information content (AvgIpc) is 2.22. The Morgan fingerprint density at radius 1 is 1.18 bits per heavy atom. The molecule has 5 heteroatoms. The van der Waals surface area contributed by atoms with E-state index in [0.29, 0.717) is 19.6 Å². The monoisotopic (exact) mass is 241 g/mol. The second kappa shape index (κ2) is 5.49. The Bertz CT molecular complexity index is 297. The van der Waals surface area contributed by atoms with Gasteiger partial charge in [0.15, 0.2) is 0 Å². The lowest BCUT2D eigenvalue weighted by atomic mass is 10.1. The van der Waals surface area contributed by atoms with Crippen LogP contribution < -0.4 is 5.32 Å². The maximum Gasteiger partial charge on any atom is 0.312 e. The molecule has 1 fully saturated rings. The van der Waals surface area contributed by atoms with Crippen molar-refractivity contribution in [3.63, 3.8) is 0 Å². The van der Waals surface area contributed by atoms with Gasteiger partial charge in [-0.1, -0.05) is 0 Å². The van der Waals surface area contributed by atoms with Crippen LogP contribution in [0.1, 0.15) is 27.2 Å². The first-order chi connectivity index (χ1) is 7.81. The van der Waals surface area contributed by atoms with Gasteiger partial charge in [0.25, 0.3) is 0 Å². The van der Waals surface area contributed by atoms with E-state index in [1.54, 1.807) is 11.9 Å². The SMILES string of the molecule is CN1CCN(CCCNC(C)(C)C)C(=O)C1=O. The van der Waals surface area contributed by atoms with Gasteiger partial charge in [0, 0.05) is 32.2 Å². The van der Waals surface area contributed by atoms with E-state index in [9.17, 15) is 9.59 Å². The molecule has 1 saturated heterocycles. The summed E-state index contributed by atoms with van der Waals surface area (Å²) in [7, 11) is 1.67. The molecule has 17 heavy (non-hydrogen) atoms. The molecular formula is C12H23N3O2. The van der Waals surface area contributed by atoms with E-state index < -0.39 is 0 Å². The predicted octanol–water partition coefficient (Wildman–Crippen LogP) is 0.0652. The average molecular weight is 241 g/mol. The van der Waals surface area contributed by atoms with Crippen LogP contribution >= 0.6 is 0 Å². The van der Waals surface area contributed by atoms with Crippen LogP contribution in [0.2, 0.25) is 0 Å². The summed E-state index contributed by atoms with van der Waals surface area (Å²) in [6.45, 7) is 9.12. The van der Waals surface area contributed by atoms with Gasteiger partial charge in [-0.25, -0.2) is 0 Å². The molecule has 1 rings (SSSR count). The van der Waals surface area contributed by atoms with E-state index in [2.05, 4.69) is 26.1 Å². The largest absolute Gasteiger partial charge is 0.336 e. The van der Waals surface area contributed by atoms with Crippen molar-refractivity contribution in [1.29, 1.82) is 0 Å². The highest BCUT2D eigenvalue weighted by Crippen LogP contribution is 2.04. The molecule has 0 atom stereocenters. The van der Waals surface area contributed by atoms with Crippen molar-refractivity contribution in [3.05, 3.63) is 0 Å². The minimum Gasteiger partial charge on any atom is -0.336 e. The van der Waals surface area contributed by atoms with Crippen LogP contribution in [-0.2, 0) is 9.59 Å². The van der Waals surface area contributed by atoms with Crippen molar-refractivity contribution in [2.75, 3.05) is 33.2 Å². The number of carbonyl (C=O) groups excluding carboxylic acids is 2. The van der Waals surface area contributed by atoms with E-state index in [-0.39, 0.29) is 17.4 Å². The molecule has 1 aliphatic rings. The smallest absolute Gasteiger partial charge is 0.312 e. The summed E-state index contributed by atoms with van der Waals surface area (Å²) in [4.78, 5) is 26.2. The van der Waals surface area contributed by atoms with Gasteiger partial charge >= 0.3 is 11.8 Å². The molecule has 0 aromatic heterocycles. The molecule has 0 radical (unpaired) electrons. The number of rotatable bonds is 4. The fourth-order valence-corrected chi connectivity index (χ4v) is 1.72. The zero-order valence-electron chi connectivity index (χ0n) is 11.2. The van der Waals surface area contributed by atoms with Crippen LogP contribution in [0.3, 0.4) is 0 Å². The Hall–Kier alpha value is -1.10. The van der Waals surface area contributed by atoms with E-state index in [1.165, 1.54) is 4.90 Å². The number of amides is 2. The maximum atomic E-state index is 11.6. The van der Waals surface area contributed by atoms with E-state index in [1.807, 2.05) is 0 Å². The Morgan fingerprint density at radius 3 is 2.41 bits per heavy atom. The number of nitrogens with one attached hydrogen (secondary N) is 1. The summed E-state index contributed by atoms with van der Waals surface area (Å²) in [5, 5.41) is 3.36. The second-order valence-electron chi connectivity index (χ2n) is 5.55. The van der Waals surface area contributed by atoms with E-state index >= 15 is 0 Å². The normalized spacial score (nSPS) is 17.9. The molecule has 0 aromatic carbocycles. The van der Waals surface area contributed by atoms with Gasteiger partial charge in [-0.15, -0.1) is 0 Å². The van der Waals surface area contributed by atoms with Gasteiger partial charge in [-0.05, 0) is 33.7 Å². The van der Waals surface area contributed by atoms with Crippen LogP contribution in [0.4, 0.5) is 0 Å². The molecule has 0 saturated carbocycles. The Morgan fingerprint density at radius 2 is 1.82 bits per heavy atom. The lowest BCUT2D eigenvalue weighted by molar-refractivity contribution is -0.154. The predicted molar refractivity (Wildman–Crippen MR) is 66.6 cm³/mol. The highest BCUT2D eigenvalue weighted by Gasteiger charge is 2.29. The van der Waals surface area contributed by atoms with Gasteiger partial charge in [0.2, 0.25) is 0 Å². The summed E-state index contributed by atoms with van der Waals surface area (Å²) in [6, 6.07) is 0. The first kappa shape index (κ1) is 14.0. The molecule has 1 aliphatic heterocycles. The van der Waals surface area contributed by atoms with Gasteiger partial charge in [-0.2, -0.15) is 0 Å². The van der Waals surface area contributed by atoms with Crippen molar-refractivity contribution in [2.45, 2.75) is 32.7 Å². The molecule has 1 heterocycles. The van der Waals surface area contributed by atoms with E-state index in [4.69, 9.17) is 0 Å². The molecule has 0 aliphatic carbocycles. The fourth-order valence-electron chi connectivity index (χ4n) is 1.72. The number of hydrogen-bond donors (Lipinski definition) is 1. The van der Waals surface area contributed by atoms with Crippen LogP contribution in [0.25, 0.3) is 0 Å². The molecule has 0 unspecified atom stereocenters. The van der Waals surface area contributed by atoms with Crippen molar-refractivity contribution >= 4 is 11.8 Å². The highest BCUT2D eigenvalue weighted by atomic mass is 16.2. The molecule has 98 valence electrons. The van der Waals surface area contributed by atoms with Crippen LogP contribution in [0.5, 0.6) is 0 Å². The quantitative estimate of drug-likeness (QED) is 0.559. The zero-order valence-corrected chi connectivity index (χ0v) is 11.2. The third-order valence-corrected chi connectivity index (χ3v) is 2.78. The maximum absolute atomic E-state index is 11.6. The summed E-state index contributed by atoms with van der Waals surface area (Å²) >= 11 is 0. The van der Waals surface area contributed by atoms with Gasteiger partial charge < -0.3 is 15.1 Å². The molecule has 0 aromatic rings. The lowest BCUT2D eigenvalue weighted by Crippen LogP contribution is -2.53. The van der Waals surface area contributed by atoms with Gasteiger partial charge in [0.05, 0.1) is 0 Å². The third-order valence-electron chi connectivity index (χ3n) is 2.78. The zero-order chi connectivity index (χ0) is 13.1. The Labute approximate surface area is 103 Å². The minimum absolute atomic E-state index is 0.0992. The molecule has 1 N–H and O–H groups in total. The van der Waals surface area contributed by atoms with Gasteiger partial charge in [-0.3, -0.25) is 9.59 Å². The first-order valence-corrected chi connectivity index (χ1v) is 6.10. The first-order valence-electron chi connectivity index (χ1n) is 6.10. The summed E-state index contributed by atoms with van der Waals surface area (Å²) < 4.78 is 0. The fraction of sp³-hybridized carbons (Fsp3) is 0.833. The van der Waals surface area contributed by atoms with Crippen molar-refractivity contribution in [2.24, 2.45) is 0 Å². The second-order valence-corrected chi connectivity index (χ2v) is 5.55. The molecule has 2 amide bonds. The summed E-state index contributed by atoms with van der Waals surface area (Å²) in [5.74, 6) is -0.755. The standard InChI is InChI=1S/C12H23N3O2/c1-12(2,3)13-6-5-7-15-9-8-14(4)10(16)11(15)17/h13H,5-9H2,1-4H3. The summed E-state index contributed by atoms with van der Waals surface area (Å²) in [5.41, 5.74) is 0.0992. The van der Waals surface area contributed by atoms with E-state index in [0.717, 1.165) is 13.0 Å². The van der Waals surface area contributed by atoms with Crippen LogP contribution in [0, 0.1) is 0 Å². The Balaban J connectivity index is 2.28. The number of likely N-dealkylation sites (N-methyl/N-ethyl adjacent to an activating group) is 1. The molecular weight excluding hydrogens is 218 g/mol. The minimum atomic E-state index is -0.389. The lowest BCUT2D eigenvalue weighted by Gasteiger charge is -2.31. The van der Waals surface area contributed by atoms with Gasteiger partial charge in [0.1, 0.15) is 0 Å². The topological polar surface area (TPSA) is 52.6 Å². The van der Waals surface area contributed by atoms with Crippen molar-refractivity contribution < 1.29 is 9.59 Å². The summed E-state index contributed by atoms with van der Waals surface area (Å²) in [6.07, 6.45) is 0.875. The molecule has 0 spiro atoms. The van der Waals surface area contributed by atoms with Crippen molar-refractivity contribution in [3.8, 4) is 0 Å². The number of carbonyl (C=O) groups is 2. The number of piperazine rings is 1. The number of hydrogen-bond acceptors (Lipinski definition) is 3. The third kappa shape index (κ3) is 4.34. The molecule has 5 nitrogen and oxygen atoms in total.